The van der Waals surface area contributed by atoms with E-state index in [9.17, 15) is 4.79 Å². The van der Waals surface area contributed by atoms with Crippen molar-refractivity contribution in [3.05, 3.63) is 29.8 Å². The van der Waals surface area contributed by atoms with Crippen LogP contribution in [0.4, 0.5) is 5.69 Å². The zero-order valence-corrected chi connectivity index (χ0v) is 13.1. The van der Waals surface area contributed by atoms with E-state index in [-0.39, 0.29) is 11.9 Å². The molecule has 1 aromatic carbocycles. The maximum atomic E-state index is 12.3. The van der Waals surface area contributed by atoms with Gasteiger partial charge in [0.2, 0.25) is 5.91 Å². The number of hydrogen-bond donors (Lipinski definition) is 2. The van der Waals surface area contributed by atoms with Gasteiger partial charge in [-0.15, -0.1) is 0 Å². The molecule has 1 aliphatic rings. The lowest BCUT2D eigenvalue weighted by Crippen LogP contribution is -2.46. The molecule has 20 heavy (non-hydrogen) atoms. The van der Waals surface area contributed by atoms with Gasteiger partial charge in [0.15, 0.2) is 0 Å². The van der Waals surface area contributed by atoms with Crippen LogP contribution in [0.1, 0.15) is 12.5 Å². The average Bonchev–Trinajstić information content (AvgIpc) is 2.47. The average molecular weight is 309 g/mol. The van der Waals surface area contributed by atoms with Crippen LogP contribution in [0, 0.1) is 0 Å². The number of amides is 1. The second kappa shape index (κ2) is 7.06. The van der Waals surface area contributed by atoms with Crippen LogP contribution in [0.5, 0.6) is 0 Å². The molecular weight excluding hydrogens is 290 g/mol. The van der Waals surface area contributed by atoms with E-state index in [0.29, 0.717) is 4.99 Å². The first kappa shape index (κ1) is 15.3. The van der Waals surface area contributed by atoms with Gasteiger partial charge < -0.3 is 11.1 Å². The summed E-state index contributed by atoms with van der Waals surface area (Å²) in [6, 6.07) is 7.21. The van der Waals surface area contributed by atoms with Crippen molar-refractivity contribution in [2.24, 2.45) is 5.73 Å². The Balaban J connectivity index is 1.99. The standard InChI is InChI=1S/C14H19N3OS2/c1-10(17-5-7-20-8-6-17)14(18)16-12-4-2-3-11(9-12)13(15)19/h2-4,9-10H,5-8H2,1H3,(H2,15,19)(H,16,18). The molecule has 1 amide bonds. The number of nitrogens with one attached hydrogen (secondary N) is 1. The number of thioether (sulfide) groups is 1. The molecule has 3 N–H and O–H groups in total. The zero-order chi connectivity index (χ0) is 14.5. The minimum atomic E-state index is -0.121. The summed E-state index contributed by atoms with van der Waals surface area (Å²) in [5.74, 6) is 2.19. The van der Waals surface area contributed by atoms with Crippen LogP contribution < -0.4 is 11.1 Å². The summed E-state index contributed by atoms with van der Waals surface area (Å²) in [4.78, 5) is 14.8. The van der Waals surface area contributed by atoms with E-state index < -0.39 is 0 Å². The lowest BCUT2D eigenvalue weighted by Gasteiger charge is -2.31. The summed E-state index contributed by atoms with van der Waals surface area (Å²) in [7, 11) is 0. The van der Waals surface area contributed by atoms with Gasteiger partial charge in [-0.25, -0.2) is 0 Å². The van der Waals surface area contributed by atoms with Crippen molar-refractivity contribution >= 4 is 40.6 Å². The molecule has 108 valence electrons. The predicted molar refractivity (Wildman–Crippen MR) is 89.3 cm³/mol. The lowest BCUT2D eigenvalue weighted by molar-refractivity contribution is -0.120. The van der Waals surface area contributed by atoms with Gasteiger partial charge in [-0.2, -0.15) is 11.8 Å². The Morgan fingerprint density at radius 2 is 2.15 bits per heavy atom. The van der Waals surface area contributed by atoms with E-state index in [1.807, 2.05) is 36.9 Å². The first-order valence-electron chi connectivity index (χ1n) is 6.60. The second-order valence-electron chi connectivity index (χ2n) is 4.76. The summed E-state index contributed by atoms with van der Waals surface area (Å²) in [5.41, 5.74) is 7.10. The highest BCUT2D eigenvalue weighted by atomic mass is 32.2. The highest BCUT2D eigenvalue weighted by Gasteiger charge is 2.22. The molecule has 0 aromatic heterocycles. The van der Waals surface area contributed by atoms with E-state index in [0.717, 1.165) is 35.8 Å². The molecule has 2 rings (SSSR count). The molecule has 4 nitrogen and oxygen atoms in total. The van der Waals surface area contributed by atoms with E-state index >= 15 is 0 Å². The van der Waals surface area contributed by atoms with E-state index in [1.165, 1.54) is 0 Å². The Hall–Kier alpha value is -1.11. The maximum absolute atomic E-state index is 12.3. The van der Waals surface area contributed by atoms with E-state index in [1.54, 1.807) is 6.07 Å². The molecular formula is C14H19N3OS2. The van der Waals surface area contributed by atoms with Gasteiger partial charge in [0, 0.05) is 35.8 Å². The van der Waals surface area contributed by atoms with E-state index in [4.69, 9.17) is 18.0 Å². The first-order valence-corrected chi connectivity index (χ1v) is 8.17. The quantitative estimate of drug-likeness (QED) is 0.829. The monoisotopic (exact) mass is 309 g/mol. The minimum Gasteiger partial charge on any atom is -0.389 e. The molecule has 0 aliphatic carbocycles. The Morgan fingerprint density at radius 1 is 1.45 bits per heavy atom. The summed E-state index contributed by atoms with van der Waals surface area (Å²) in [6.45, 7) is 3.88. The number of hydrogen-bond acceptors (Lipinski definition) is 4. The zero-order valence-electron chi connectivity index (χ0n) is 11.5. The number of rotatable bonds is 4. The third-order valence-corrected chi connectivity index (χ3v) is 4.57. The van der Waals surface area contributed by atoms with Crippen LogP contribution >= 0.6 is 24.0 Å². The summed E-state index contributed by atoms with van der Waals surface area (Å²) < 4.78 is 0. The van der Waals surface area contributed by atoms with Gasteiger partial charge in [0.25, 0.3) is 0 Å². The Morgan fingerprint density at radius 3 is 2.80 bits per heavy atom. The molecule has 6 heteroatoms. The first-order chi connectivity index (χ1) is 9.58. The van der Waals surface area contributed by atoms with Crippen molar-refractivity contribution in [2.75, 3.05) is 29.9 Å². The van der Waals surface area contributed by atoms with Gasteiger partial charge in [0.1, 0.15) is 4.99 Å². The van der Waals surface area contributed by atoms with Crippen LogP contribution in [0.2, 0.25) is 0 Å². The van der Waals surface area contributed by atoms with Crippen LogP contribution in [0.25, 0.3) is 0 Å². The second-order valence-corrected chi connectivity index (χ2v) is 6.42. The maximum Gasteiger partial charge on any atom is 0.241 e. The fourth-order valence-electron chi connectivity index (χ4n) is 2.13. The molecule has 1 heterocycles. The molecule has 1 atom stereocenters. The number of nitrogens with two attached hydrogens (primary N) is 1. The van der Waals surface area contributed by atoms with Crippen molar-refractivity contribution in [3.63, 3.8) is 0 Å². The molecule has 1 aromatic rings. The lowest BCUT2D eigenvalue weighted by atomic mass is 10.2. The number of nitrogens with zero attached hydrogens (tertiary/aromatic N) is 1. The Kier molecular flexibility index (Phi) is 5.39. The van der Waals surface area contributed by atoms with Crippen molar-refractivity contribution in [3.8, 4) is 0 Å². The van der Waals surface area contributed by atoms with Crippen molar-refractivity contribution in [1.29, 1.82) is 0 Å². The normalized spacial score (nSPS) is 17.4. The fraction of sp³-hybridized carbons (Fsp3) is 0.429. The third kappa shape index (κ3) is 3.94. The smallest absolute Gasteiger partial charge is 0.241 e. The molecule has 0 spiro atoms. The third-order valence-electron chi connectivity index (χ3n) is 3.39. The molecule has 1 unspecified atom stereocenters. The predicted octanol–water partition coefficient (Wildman–Crippen LogP) is 1.70. The Bertz CT molecular complexity index is 501. The largest absolute Gasteiger partial charge is 0.389 e. The number of benzene rings is 1. The SMILES string of the molecule is CC(C(=O)Nc1cccc(C(N)=S)c1)N1CCSCC1. The summed E-state index contributed by atoms with van der Waals surface area (Å²) in [5, 5.41) is 2.93. The summed E-state index contributed by atoms with van der Waals surface area (Å²) in [6.07, 6.45) is 0. The summed E-state index contributed by atoms with van der Waals surface area (Å²) >= 11 is 6.88. The Labute approximate surface area is 129 Å². The molecule has 0 bridgehead atoms. The topological polar surface area (TPSA) is 58.4 Å². The number of carbonyl (C=O) groups excluding carboxylic acids is 1. The van der Waals surface area contributed by atoms with E-state index in [2.05, 4.69) is 10.2 Å². The highest BCUT2D eigenvalue weighted by Crippen LogP contribution is 2.15. The number of carbonyl (C=O) groups is 1. The van der Waals surface area contributed by atoms with Crippen molar-refractivity contribution in [2.45, 2.75) is 13.0 Å². The van der Waals surface area contributed by atoms with Crippen LogP contribution in [0.15, 0.2) is 24.3 Å². The van der Waals surface area contributed by atoms with Gasteiger partial charge >= 0.3 is 0 Å². The van der Waals surface area contributed by atoms with Gasteiger partial charge in [-0.3, -0.25) is 9.69 Å². The molecule has 1 aliphatic heterocycles. The molecule has 1 fully saturated rings. The molecule has 0 radical (unpaired) electrons. The highest BCUT2D eigenvalue weighted by molar-refractivity contribution is 7.99. The fourth-order valence-corrected chi connectivity index (χ4v) is 3.19. The van der Waals surface area contributed by atoms with Gasteiger partial charge in [-0.05, 0) is 19.1 Å². The molecule has 0 saturated carbocycles. The molecule has 1 saturated heterocycles. The van der Waals surface area contributed by atoms with Crippen molar-refractivity contribution in [1.82, 2.24) is 4.90 Å². The van der Waals surface area contributed by atoms with Gasteiger partial charge in [-0.1, -0.05) is 24.4 Å². The van der Waals surface area contributed by atoms with Crippen molar-refractivity contribution < 1.29 is 4.79 Å². The van der Waals surface area contributed by atoms with Crippen LogP contribution in [0.3, 0.4) is 0 Å². The number of thiocarbonyl (C=S) groups is 1. The van der Waals surface area contributed by atoms with Crippen LogP contribution in [-0.4, -0.2) is 46.4 Å². The van der Waals surface area contributed by atoms with Crippen LogP contribution in [-0.2, 0) is 4.79 Å². The minimum absolute atomic E-state index is 0.0111. The van der Waals surface area contributed by atoms with Gasteiger partial charge in [0.05, 0.1) is 6.04 Å². The number of anilines is 1.